The highest BCUT2D eigenvalue weighted by atomic mass is 35.5. The van der Waals surface area contributed by atoms with E-state index in [-0.39, 0.29) is 11.3 Å². The maximum absolute atomic E-state index is 13.2. The summed E-state index contributed by atoms with van der Waals surface area (Å²) in [7, 11) is 0. The van der Waals surface area contributed by atoms with Crippen LogP contribution >= 0.6 is 11.6 Å². The first kappa shape index (κ1) is 18.2. The first-order valence-corrected chi connectivity index (χ1v) is 9.34. The molecule has 27 heavy (non-hydrogen) atoms. The Labute approximate surface area is 164 Å². The Kier molecular flexibility index (Phi) is 4.58. The summed E-state index contributed by atoms with van der Waals surface area (Å²) in [6, 6.07) is 13.1. The zero-order valence-corrected chi connectivity index (χ0v) is 16.3. The van der Waals surface area contributed by atoms with Gasteiger partial charge in [-0.25, -0.2) is 0 Å². The number of ether oxygens (including phenoxy) is 2. The van der Waals surface area contributed by atoms with Crippen molar-refractivity contribution in [2.45, 2.75) is 20.1 Å². The molecular weight excluding hydrogens is 362 g/mol. The van der Waals surface area contributed by atoms with Crippen molar-refractivity contribution in [1.82, 2.24) is 0 Å². The molecule has 0 spiro atoms. The Morgan fingerprint density at radius 2 is 2.00 bits per heavy atom. The van der Waals surface area contributed by atoms with Crippen LogP contribution in [-0.4, -0.2) is 25.7 Å². The Bertz CT molecular complexity index is 902. The van der Waals surface area contributed by atoms with Crippen molar-refractivity contribution in [3.63, 3.8) is 0 Å². The van der Waals surface area contributed by atoms with Crippen molar-refractivity contribution in [2.24, 2.45) is 5.41 Å². The molecule has 0 aromatic heterocycles. The molecule has 0 aliphatic carbocycles. The van der Waals surface area contributed by atoms with Gasteiger partial charge in [0, 0.05) is 27.3 Å². The van der Waals surface area contributed by atoms with Crippen LogP contribution in [0.2, 0.25) is 5.02 Å². The van der Waals surface area contributed by atoms with Gasteiger partial charge in [0.05, 0.1) is 19.8 Å². The summed E-state index contributed by atoms with van der Waals surface area (Å²) in [6.45, 7) is 9.93. The number of hydrogen-bond donors (Lipinski definition) is 0. The van der Waals surface area contributed by atoms with E-state index in [0.717, 1.165) is 22.4 Å². The second-order valence-corrected chi connectivity index (χ2v) is 8.14. The average molecular weight is 384 g/mol. The highest BCUT2D eigenvalue weighted by Gasteiger charge is 2.41. The molecule has 2 aliphatic rings. The lowest BCUT2D eigenvalue weighted by atomic mass is 9.90. The summed E-state index contributed by atoms with van der Waals surface area (Å²) in [5.74, 6) is -0.0737. The maximum atomic E-state index is 13.2. The van der Waals surface area contributed by atoms with Crippen molar-refractivity contribution in [2.75, 3.05) is 24.7 Å². The molecule has 0 N–H and O–H groups in total. The molecular formula is C22H22ClNO3. The third-order valence-electron chi connectivity index (χ3n) is 5.09. The van der Waals surface area contributed by atoms with Crippen LogP contribution in [0.15, 0.2) is 49.0 Å². The number of benzene rings is 2. The summed E-state index contributed by atoms with van der Waals surface area (Å²) < 4.78 is 11.6. The minimum absolute atomic E-state index is 0.00485. The highest BCUT2D eigenvalue weighted by Crippen LogP contribution is 2.41. The van der Waals surface area contributed by atoms with E-state index in [1.165, 1.54) is 0 Å². The molecule has 2 heterocycles. The third kappa shape index (κ3) is 3.29. The fraction of sp³-hybridized carbons (Fsp3) is 0.318. The van der Waals surface area contributed by atoms with Crippen molar-refractivity contribution >= 4 is 28.8 Å². The first-order valence-electron chi connectivity index (χ1n) is 8.96. The Morgan fingerprint density at radius 1 is 1.30 bits per heavy atom. The fourth-order valence-corrected chi connectivity index (χ4v) is 3.56. The molecule has 0 radical (unpaired) electrons. The van der Waals surface area contributed by atoms with Crippen LogP contribution < -0.4 is 4.90 Å². The normalized spacial score (nSPS) is 20.3. The van der Waals surface area contributed by atoms with Crippen molar-refractivity contribution in [1.29, 1.82) is 0 Å². The number of halogens is 1. The number of rotatable bonds is 5. The Balaban J connectivity index is 1.72. The van der Waals surface area contributed by atoms with Crippen LogP contribution in [0.25, 0.3) is 5.57 Å². The summed E-state index contributed by atoms with van der Waals surface area (Å²) in [5, 5.41) is 0.629. The second kappa shape index (κ2) is 6.79. The largest absolute Gasteiger partial charge is 0.380 e. The predicted molar refractivity (Wildman–Crippen MR) is 107 cm³/mol. The van der Waals surface area contributed by atoms with Gasteiger partial charge < -0.3 is 9.47 Å². The van der Waals surface area contributed by atoms with E-state index in [4.69, 9.17) is 21.1 Å². The molecule has 1 unspecified atom stereocenters. The Morgan fingerprint density at radius 3 is 2.59 bits per heavy atom. The van der Waals surface area contributed by atoms with Gasteiger partial charge in [0.1, 0.15) is 0 Å². The van der Waals surface area contributed by atoms with Gasteiger partial charge in [0.15, 0.2) is 6.23 Å². The van der Waals surface area contributed by atoms with Gasteiger partial charge in [-0.1, -0.05) is 42.8 Å². The smallest absolute Gasteiger partial charge is 0.261 e. The van der Waals surface area contributed by atoms with Crippen LogP contribution in [-0.2, 0) is 9.47 Å². The highest BCUT2D eigenvalue weighted by molar-refractivity contribution is 6.30. The molecule has 1 saturated heterocycles. The van der Waals surface area contributed by atoms with E-state index in [2.05, 4.69) is 13.5 Å². The number of allylic oxidation sites excluding steroid dienone is 1. The van der Waals surface area contributed by atoms with Gasteiger partial charge in [-0.3, -0.25) is 9.69 Å². The van der Waals surface area contributed by atoms with Crippen LogP contribution in [0.5, 0.6) is 0 Å². The second-order valence-electron chi connectivity index (χ2n) is 7.70. The molecule has 2 aromatic rings. The van der Waals surface area contributed by atoms with E-state index in [0.29, 0.717) is 30.4 Å². The van der Waals surface area contributed by atoms with Crippen LogP contribution in [0.1, 0.15) is 41.6 Å². The molecule has 1 fully saturated rings. The van der Waals surface area contributed by atoms with E-state index in [1.807, 2.05) is 37.3 Å². The van der Waals surface area contributed by atoms with E-state index >= 15 is 0 Å². The number of carbonyl (C=O) groups is 1. The van der Waals surface area contributed by atoms with Crippen LogP contribution in [0, 0.1) is 5.41 Å². The van der Waals surface area contributed by atoms with Gasteiger partial charge >= 0.3 is 0 Å². The van der Waals surface area contributed by atoms with E-state index in [1.54, 1.807) is 17.0 Å². The number of fused-ring (bicyclic) bond motifs is 1. The molecule has 0 bridgehead atoms. The standard InChI is InChI=1S/C22H22ClNO3/c1-14(2)15-4-9-18-19(10-15)20(25)24(17-7-5-16(23)6-8-17)21(18)27-13-22(3)11-26-12-22/h4-10,21H,1,11-13H2,2-3H3. The monoisotopic (exact) mass is 383 g/mol. The van der Waals surface area contributed by atoms with Crippen molar-refractivity contribution in [3.8, 4) is 0 Å². The number of nitrogens with zero attached hydrogens (tertiary/aromatic N) is 1. The molecule has 1 atom stereocenters. The molecule has 2 aliphatic heterocycles. The van der Waals surface area contributed by atoms with Crippen LogP contribution in [0.3, 0.4) is 0 Å². The Hall–Kier alpha value is -2.14. The van der Waals surface area contributed by atoms with E-state index in [9.17, 15) is 4.79 Å². The summed E-state index contributed by atoms with van der Waals surface area (Å²) >= 11 is 6.02. The van der Waals surface area contributed by atoms with Crippen molar-refractivity contribution < 1.29 is 14.3 Å². The SMILES string of the molecule is C=C(C)c1ccc2c(c1)C(=O)N(c1ccc(Cl)cc1)C2OCC1(C)COC1. The molecule has 0 saturated carbocycles. The lowest BCUT2D eigenvalue weighted by Gasteiger charge is -2.39. The average Bonchev–Trinajstić information content (AvgIpc) is 2.90. The topological polar surface area (TPSA) is 38.8 Å². The summed E-state index contributed by atoms with van der Waals surface area (Å²) in [6.07, 6.45) is -0.467. The zero-order chi connectivity index (χ0) is 19.2. The number of anilines is 1. The van der Waals surface area contributed by atoms with Gasteiger partial charge in [-0.15, -0.1) is 0 Å². The zero-order valence-electron chi connectivity index (χ0n) is 15.5. The number of hydrogen-bond acceptors (Lipinski definition) is 3. The molecule has 2 aromatic carbocycles. The lowest BCUT2D eigenvalue weighted by Crippen LogP contribution is -2.44. The molecule has 4 nitrogen and oxygen atoms in total. The summed E-state index contributed by atoms with van der Waals surface area (Å²) in [5.41, 5.74) is 4.17. The van der Waals surface area contributed by atoms with Crippen molar-refractivity contribution in [3.05, 3.63) is 70.8 Å². The maximum Gasteiger partial charge on any atom is 0.261 e. The van der Waals surface area contributed by atoms with Gasteiger partial charge in [0.2, 0.25) is 0 Å². The van der Waals surface area contributed by atoms with Gasteiger partial charge in [-0.05, 0) is 42.8 Å². The molecule has 4 rings (SSSR count). The van der Waals surface area contributed by atoms with Crippen LogP contribution in [0.4, 0.5) is 5.69 Å². The quantitative estimate of drug-likeness (QED) is 0.722. The van der Waals surface area contributed by atoms with E-state index < -0.39 is 6.23 Å². The third-order valence-corrected chi connectivity index (χ3v) is 5.34. The number of amides is 1. The first-order chi connectivity index (χ1) is 12.9. The molecule has 1 amide bonds. The summed E-state index contributed by atoms with van der Waals surface area (Å²) in [4.78, 5) is 14.9. The predicted octanol–water partition coefficient (Wildman–Crippen LogP) is 5.09. The number of carbonyl (C=O) groups excluding carboxylic acids is 1. The molecule has 5 heteroatoms. The minimum atomic E-state index is -0.467. The van der Waals surface area contributed by atoms with Gasteiger partial charge in [0.25, 0.3) is 5.91 Å². The molecule has 140 valence electrons. The minimum Gasteiger partial charge on any atom is -0.380 e. The lowest BCUT2D eigenvalue weighted by molar-refractivity contribution is -0.148. The fourth-order valence-electron chi connectivity index (χ4n) is 3.43. The van der Waals surface area contributed by atoms with Gasteiger partial charge in [-0.2, -0.15) is 0 Å².